The van der Waals surface area contributed by atoms with E-state index < -0.39 is 0 Å². The van der Waals surface area contributed by atoms with Crippen LogP contribution in [0.1, 0.15) is 37.4 Å². The number of rotatable bonds is 7. The first-order chi connectivity index (χ1) is 14.4. The van der Waals surface area contributed by atoms with Gasteiger partial charge in [-0.1, -0.05) is 48.0 Å². The number of nitrogens with one attached hydrogen (secondary N) is 1. The molecule has 0 radical (unpaired) electrons. The average Bonchev–Trinajstić information content (AvgIpc) is 2.76. The second-order valence-corrected chi connectivity index (χ2v) is 7.38. The van der Waals surface area contributed by atoms with E-state index in [0.717, 1.165) is 11.1 Å². The summed E-state index contributed by atoms with van der Waals surface area (Å²) in [5.74, 6) is 0.424. The molecule has 2 amide bonds. The third-order valence-electron chi connectivity index (χ3n) is 4.64. The number of hydrogen-bond donors (Lipinski definition) is 1. The zero-order valence-corrected chi connectivity index (χ0v) is 17.5. The molecule has 0 heterocycles. The van der Waals surface area contributed by atoms with E-state index in [1.54, 1.807) is 38.4 Å². The summed E-state index contributed by atoms with van der Waals surface area (Å²) in [5.41, 5.74) is 4.35. The molecule has 0 spiro atoms. The minimum atomic E-state index is -0.176. The van der Waals surface area contributed by atoms with Crippen molar-refractivity contribution < 1.29 is 14.3 Å². The molecule has 3 aromatic rings. The van der Waals surface area contributed by atoms with Crippen LogP contribution in [-0.2, 0) is 13.2 Å². The van der Waals surface area contributed by atoms with Crippen LogP contribution in [0, 0.1) is 6.92 Å². The Bertz CT molecular complexity index is 1030. The highest BCUT2D eigenvalue weighted by molar-refractivity contribution is 5.95. The summed E-state index contributed by atoms with van der Waals surface area (Å²) >= 11 is 0. The molecule has 0 unspecified atom stereocenters. The predicted molar refractivity (Wildman–Crippen MR) is 118 cm³/mol. The molecule has 0 saturated carbocycles. The SMILES string of the molecule is Cc1cccc(COc2cccc(C(=O)NCc3ccc(C(=O)N(C)C)cc3)c2)c1. The summed E-state index contributed by atoms with van der Waals surface area (Å²) in [7, 11) is 3.43. The van der Waals surface area contributed by atoms with E-state index in [9.17, 15) is 9.59 Å². The molecule has 0 saturated heterocycles. The number of carbonyl (C=O) groups is 2. The summed E-state index contributed by atoms with van der Waals surface area (Å²) in [6.45, 7) is 2.87. The van der Waals surface area contributed by atoms with Crippen LogP contribution >= 0.6 is 0 Å². The van der Waals surface area contributed by atoms with Crippen molar-refractivity contribution in [2.75, 3.05) is 14.1 Å². The molecule has 3 aromatic carbocycles. The fourth-order valence-electron chi connectivity index (χ4n) is 3.00. The molecule has 5 heteroatoms. The molecular weight excluding hydrogens is 376 g/mol. The van der Waals surface area contributed by atoms with Crippen molar-refractivity contribution in [2.45, 2.75) is 20.1 Å². The Labute approximate surface area is 177 Å². The van der Waals surface area contributed by atoms with Crippen molar-refractivity contribution in [3.8, 4) is 5.75 Å². The van der Waals surface area contributed by atoms with Gasteiger partial charge in [-0.15, -0.1) is 0 Å². The monoisotopic (exact) mass is 402 g/mol. The highest BCUT2D eigenvalue weighted by Crippen LogP contribution is 2.16. The van der Waals surface area contributed by atoms with Crippen LogP contribution in [0.3, 0.4) is 0 Å². The fourth-order valence-corrected chi connectivity index (χ4v) is 3.00. The van der Waals surface area contributed by atoms with E-state index in [4.69, 9.17) is 4.74 Å². The second-order valence-electron chi connectivity index (χ2n) is 7.38. The third kappa shape index (κ3) is 5.70. The molecule has 0 fully saturated rings. The van der Waals surface area contributed by atoms with Crippen LogP contribution in [0.25, 0.3) is 0 Å². The molecule has 3 rings (SSSR count). The van der Waals surface area contributed by atoms with Gasteiger partial charge in [0.2, 0.25) is 0 Å². The van der Waals surface area contributed by atoms with Crippen LogP contribution < -0.4 is 10.1 Å². The fraction of sp³-hybridized carbons (Fsp3) is 0.200. The number of amides is 2. The summed E-state index contributed by atoms with van der Waals surface area (Å²) < 4.78 is 5.84. The number of aryl methyl sites for hydroxylation is 1. The van der Waals surface area contributed by atoms with E-state index >= 15 is 0 Å². The molecule has 0 aliphatic heterocycles. The molecule has 0 aliphatic rings. The van der Waals surface area contributed by atoms with E-state index in [0.29, 0.717) is 30.0 Å². The van der Waals surface area contributed by atoms with Crippen molar-refractivity contribution in [3.05, 3.63) is 101 Å². The van der Waals surface area contributed by atoms with Gasteiger partial charge in [0.25, 0.3) is 11.8 Å². The smallest absolute Gasteiger partial charge is 0.253 e. The Hall–Kier alpha value is -3.60. The van der Waals surface area contributed by atoms with Gasteiger partial charge in [-0.2, -0.15) is 0 Å². The van der Waals surface area contributed by atoms with Crippen LogP contribution in [-0.4, -0.2) is 30.8 Å². The van der Waals surface area contributed by atoms with E-state index in [1.165, 1.54) is 10.5 Å². The summed E-state index contributed by atoms with van der Waals surface area (Å²) in [4.78, 5) is 26.0. The van der Waals surface area contributed by atoms with Crippen molar-refractivity contribution in [3.63, 3.8) is 0 Å². The number of benzene rings is 3. The molecule has 30 heavy (non-hydrogen) atoms. The minimum Gasteiger partial charge on any atom is -0.489 e. The highest BCUT2D eigenvalue weighted by atomic mass is 16.5. The van der Waals surface area contributed by atoms with Crippen molar-refractivity contribution in [2.24, 2.45) is 0 Å². The Morgan fingerprint density at radius 2 is 1.60 bits per heavy atom. The number of nitrogens with zero attached hydrogens (tertiary/aromatic N) is 1. The Morgan fingerprint density at radius 1 is 0.867 bits per heavy atom. The zero-order valence-electron chi connectivity index (χ0n) is 17.5. The molecule has 0 atom stereocenters. The summed E-state index contributed by atoms with van der Waals surface area (Å²) in [6, 6.07) is 22.5. The van der Waals surface area contributed by atoms with Gasteiger partial charge in [-0.25, -0.2) is 0 Å². The standard InChI is InChI=1S/C25H26N2O3/c1-18-6-4-7-20(14-18)17-30-23-9-5-8-22(15-23)24(28)26-16-19-10-12-21(13-11-19)25(29)27(2)3/h4-15H,16-17H2,1-3H3,(H,26,28). The predicted octanol–water partition coefficient (Wildman–Crippen LogP) is 4.21. The van der Waals surface area contributed by atoms with Gasteiger partial charge < -0.3 is 15.0 Å². The number of ether oxygens (including phenoxy) is 1. The Balaban J connectivity index is 1.56. The number of hydrogen-bond acceptors (Lipinski definition) is 3. The van der Waals surface area contributed by atoms with Gasteiger partial charge >= 0.3 is 0 Å². The molecule has 0 aliphatic carbocycles. The first-order valence-electron chi connectivity index (χ1n) is 9.79. The first kappa shape index (κ1) is 21.1. The van der Waals surface area contributed by atoms with E-state index in [1.807, 2.05) is 49.4 Å². The molecule has 154 valence electrons. The maximum atomic E-state index is 12.5. The Morgan fingerprint density at radius 3 is 2.30 bits per heavy atom. The van der Waals surface area contributed by atoms with Gasteiger partial charge in [0, 0.05) is 31.8 Å². The van der Waals surface area contributed by atoms with Crippen LogP contribution in [0.4, 0.5) is 0 Å². The van der Waals surface area contributed by atoms with Gasteiger partial charge in [0.15, 0.2) is 0 Å². The summed E-state index contributed by atoms with van der Waals surface area (Å²) in [6.07, 6.45) is 0. The third-order valence-corrected chi connectivity index (χ3v) is 4.64. The van der Waals surface area contributed by atoms with Crippen molar-refractivity contribution in [1.82, 2.24) is 10.2 Å². The van der Waals surface area contributed by atoms with Crippen molar-refractivity contribution in [1.29, 1.82) is 0 Å². The lowest BCUT2D eigenvalue weighted by atomic mass is 10.1. The lowest BCUT2D eigenvalue weighted by Crippen LogP contribution is -2.23. The van der Waals surface area contributed by atoms with Crippen LogP contribution in [0.5, 0.6) is 5.75 Å². The molecular formula is C25H26N2O3. The van der Waals surface area contributed by atoms with Gasteiger partial charge in [0.05, 0.1) is 0 Å². The quantitative estimate of drug-likeness (QED) is 0.644. The molecule has 1 N–H and O–H groups in total. The largest absolute Gasteiger partial charge is 0.489 e. The van der Waals surface area contributed by atoms with Crippen LogP contribution in [0.2, 0.25) is 0 Å². The van der Waals surface area contributed by atoms with Gasteiger partial charge in [-0.05, 0) is 48.4 Å². The first-order valence-corrected chi connectivity index (χ1v) is 9.79. The average molecular weight is 402 g/mol. The van der Waals surface area contributed by atoms with Gasteiger partial charge in [-0.3, -0.25) is 9.59 Å². The highest BCUT2D eigenvalue weighted by Gasteiger charge is 2.09. The van der Waals surface area contributed by atoms with Crippen molar-refractivity contribution >= 4 is 11.8 Å². The second kappa shape index (κ2) is 9.74. The topological polar surface area (TPSA) is 58.6 Å². The minimum absolute atomic E-state index is 0.0481. The van der Waals surface area contributed by atoms with E-state index in [-0.39, 0.29) is 11.8 Å². The normalized spacial score (nSPS) is 10.4. The molecule has 0 aromatic heterocycles. The molecule has 5 nitrogen and oxygen atoms in total. The van der Waals surface area contributed by atoms with Crippen LogP contribution in [0.15, 0.2) is 72.8 Å². The lowest BCUT2D eigenvalue weighted by molar-refractivity contribution is 0.0827. The maximum absolute atomic E-state index is 12.5. The van der Waals surface area contributed by atoms with Gasteiger partial charge in [0.1, 0.15) is 12.4 Å². The maximum Gasteiger partial charge on any atom is 0.253 e. The Kier molecular flexibility index (Phi) is 6.86. The summed E-state index contributed by atoms with van der Waals surface area (Å²) in [5, 5.41) is 2.91. The van der Waals surface area contributed by atoms with E-state index in [2.05, 4.69) is 11.4 Å². The number of carbonyl (C=O) groups excluding carboxylic acids is 2. The molecule has 0 bridgehead atoms. The zero-order chi connectivity index (χ0) is 21.5. The lowest BCUT2D eigenvalue weighted by Gasteiger charge is -2.11.